The standard InChI is InChI=1S/C27H27FN2O/c1-18-6-10-22(11-7-18)31-23-12-8-21(9-13-23)29-17-20-14-24-19(2)16-27(3,4)30(5)26(24)15-25(20)28/h6-17H,1-5H3. The van der Waals surface area contributed by atoms with Gasteiger partial charge in [0.1, 0.15) is 17.3 Å². The van der Waals surface area contributed by atoms with Crippen LogP contribution in [0.15, 0.2) is 71.7 Å². The second-order valence-corrected chi connectivity index (χ2v) is 8.60. The Morgan fingerprint density at radius 1 is 0.935 bits per heavy atom. The van der Waals surface area contributed by atoms with E-state index < -0.39 is 0 Å². The number of rotatable bonds is 4. The first-order valence-corrected chi connectivity index (χ1v) is 10.4. The van der Waals surface area contributed by atoms with E-state index >= 15 is 0 Å². The van der Waals surface area contributed by atoms with Crippen molar-refractivity contribution in [1.82, 2.24) is 0 Å². The van der Waals surface area contributed by atoms with Crippen molar-refractivity contribution in [1.29, 1.82) is 0 Å². The number of aliphatic imine (C=N–C) groups is 1. The van der Waals surface area contributed by atoms with Crippen molar-refractivity contribution in [2.45, 2.75) is 33.2 Å². The van der Waals surface area contributed by atoms with Crippen molar-refractivity contribution >= 4 is 23.2 Å². The zero-order valence-electron chi connectivity index (χ0n) is 18.6. The molecule has 0 N–H and O–H groups in total. The average Bonchev–Trinajstić information content (AvgIpc) is 2.73. The van der Waals surface area contributed by atoms with Gasteiger partial charge in [-0.3, -0.25) is 4.99 Å². The molecule has 0 atom stereocenters. The maximum absolute atomic E-state index is 14.8. The molecule has 31 heavy (non-hydrogen) atoms. The Morgan fingerprint density at radius 3 is 2.19 bits per heavy atom. The van der Waals surface area contributed by atoms with E-state index in [0.29, 0.717) is 5.56 Å². The van der Waals surface area contributed by atoms with E-state index in [9.17, 15) is 4.39 Å². The molecule has 0 amide bonds. The molecule has 3 nitrogen and oxygen atoms in total. The summed E-state index contributed by atoms with van der Waals surface area (Å²) in [5.74, 6) is 1.24. The molecule has 0 radical (unpaired) electrons. The fourth-order valence-corrected chi connectivity index (χ4v) is 3.77. The van der Waals surface area contributed by atoms with Gasteiger partial charge in [0.2, 0.25) is 0 Å². The first kappa shape index (κ1) is 20.9. The highest BCUT2D eigenvalue weighted by Crippen LogP contribution is 2.38. The number of halogens is 1. The van der Waals surface area contributed by atoms with E-state index in [4.69, 9.17) is 4.74 Å². The smallest absolute Gasteiger partial charge is 0.134 e. The van der Waals surface area contributed by atoms with E-state index in [-0.39, 0.29) is 11.4 Å². The van der Waals surface area contributed by atoms with Gasteiger partial charge in [-0.2, -0.15) is 0 Å². The second-order valence-electron chi connectivity index (χ2n) is 8.60. The highest BCUT2D eigenvalue weighted by atomic mass is 19.1. The normalized spacial score (nSPS) is 15.0. The highest BCUT2D eigenvalue weighted by Gasteiger charge is 2.29. The van der Waals surface area contributed by atoms with Gasteiger partial charge < -0.3 is 9.64 Å². The summed E-state index contributed by atoms with van der Waals surface area (Å²) in [6.07, 6.45) is 3.79. The lowest BCUT2D eigenvalue weighted by molar-refractivity contribution is 0.482. The molecule has 158 valence electrons. The van der Waals surface area contributed by atoms with E-state index in [1.165, 1.54) is 5.56 Å². The summed E-state index contributed by atoms with van der Waals surface area (Å²) >= 11 is 0. The van der Waals surface area contributed by atoms with Crippen LogP contribution in [0.2, 0.25) is 0 Å². The van der Waals surface area contributed by atoms with Crippen molar-refractivity contribution < 1.29 is 9.13 Å². The SMILES string of the molecule is CC1=CC(C)(C)N(C)c2cc(F)c(C=Nc3ccc(Oc4ccc(C)cc4)cc3)cc21. The van der Waals surface area contributed by atoms with Crippen molar-refractivity contribution in [2.24, 2.45) is 4.99 Å². The number of nitrogens with zero attached hydrogens (tertiary/aromatic N) is 2. The minimum Gasteiger partial charge on any atom is -0.457 e. The second kappa shape index (κ2) is 8.03. The maximum Gasteiger partial charge on any atom is 0.134 e. The lowest BCUT2D eigenvalue weighted by atomic mass is 9.88. The molecule has 3 aromatic carbocycles. The first-order chi connectivity index (χ1) is 14.7. The number of fused-ring (bicyclic) bond motifs is 1. The van der Waals surface area contributed by atoms with E-state index in [0.717, 1.165) is 34.0 Å². The third-order valence-corrected chi connectivity index (χ3v) is 5.78. The molecule has 1 heterocycles. The number of hydrogen-bond donors (Lipinski definition) is 0. The Labute approximate surface area is 183 Å². The summed E-state index contributed by atoms with van der Waals surface area (Å²) in [5, 5.41) is 0. The van der Waals surface area contributed by atoms with Crippen LogP contribution in [0.1, 0.15) is 37.5 Å². The molecule has 3 aromatic rings. The molecule has 4 heteroatoms. The molecule has 0 unspecified atom stereocenters. The number of ether oxygens (including phenoxy) is 1. The lowest BCUT2D eigenvalue weighted by Gasteiger charge is -2.40. The monoisotopic (exact) mass is 414 g/mol. The number of likely N-dealkylation sites (N-methyl/N-ethyl adjacent to an activating group) is 1. The highest BCUT2D eigenvalue weighted by molar-refractivity contribution is 5.89. The molecular formula is C27H27FN2O. The minimum atomic E-state index is -0.279. The summed E-state index contributed by atoms with van der Waals surface area (Å²) in [4.78, 5) is 6.57. The van der Waals surface area contributed by atoms with E-state index in [1.807, 2.05) is 68.6 Å². The van der Waals surface area contributed by atoms with Crippen LogP contribution in [0.4, 0.5) is 15.8 Å². The van der Waals surface area contributed by atoms with Crippen LogP contribution < -0.4 is 9.64 Å². The quantitative estimate of drug-likeness (QED) is 0.418. The number of benzene rings is 3. The summed E-state index contributed by atoms with van der Waals surface area (Å²) in [6, 6.07) is 18.8. The molecule has 0 saturated heterocycles. The van der Waals surface area contributed by atoms with Crippen molar-refractivity contribution in [3.05, 3.63) is 89.2 Å². The minimum absolute atomic E-state index is 0.151. The number of allylic oxidation sites excluding steroid dienone is 1. The number of anilines is 1. The van der Waals surface area contributed by atoms with Gasteiger partial charge in [-0.1, -0.05) is 23.8 Å². The van der Waals surface area contributed by atoms with Gasteiger partial charge in [-0.05, 0) is 81.8 Å². The largest absolute Gasteiger partial charge is 0.457 e. The third kappa shape index (κ3) is 4.38. The fourth-order valence-electron chi connectivity index (χ4n) is 3.77. The predicted octanol–water partition coefficient (Wildman–Crippen LogP) is 7.31. The van der Waals surface area contributed by atoms with Gasteiger partial charge in [0.25, 0.3) is 0 Å². The molecule has 0 aliphatic carbocycles. The molecule has 1 aliphatic rings. The van der Waals surface area contributed by atoms with Gasteiger partial charge in [0, 0.05) is 30.1 Å². The summed E-state index contributed by atoms with van der Waals surface area (Å²) in [7, 11) is 2.00. The van der Waals surface area contributed by atoms with Crippen LogP contribution in [0.3, 0.4) is 0 Å². The van der Waals surface area contributed by atoms with Gasteiger partial charge in [-0.25, -0.2) is 4.39 Å². The zero-order chi connectivity index (χ0) is 22.2. The van der Waals surface area contributed by atoms with Crippen LogP contribution in [0.25, 0.3) is 5.57 Å². The van der Waals surface area contributed by atoms with Gasteiger partial charge in [0.15, 0.2) is 0 Å². The van der Waals surface area contributed by atoms with Crippen molar-refractivity contribution in [3.63, 3.8) is 0 Å². The Balaban J connectivity index is 1.54. The van der Waals surface area contributed by atoms with Crippen LogP contribution >= 0.6 is 0 Å². The maximum atomic E-state index is 14.8. The van der Waals surface area contributed by atoms with E-state index in [2.05, 4.69) is 36.7 Å². The molecule has 0 fully saturated rings. The lowest BCUT2D eigenvalue weighted by Crippen LogP contribution is -2.42. The molecule has 0 spiro atoms. The van der Waals surface area contributed by atoms with Crippen LogP contribution in [-0.4, -0.2) is 18.8 Å². The Bertz CT molecular complexity index is 1160. The molecular weight excluding hydrogens is 387 g/mol. The Morgan fingerprint density at radius 2 is 1.55 bits per heavy atom. The van der Waals surface area contributed by atoms with E-state index in [1.54, 1.807) is 12.3 Å². The topological polar surface area (TPSA) is 24.8 Å². The van der Waals surface area contributed by atoms with Crippen LogP contribution in [0, 0.1) is 12.7 Å². The van der Waals surface area contributed by atoms with Gasteiger partial charge in [-0.15, -0.1) is 0 Å². The number of aryl methyl sites for hydroxylation is 1. The molecule has 0 bridgehead atoms. The summed E-state index contributed by atoms with van der Waals surface area (Å²) in [5.41, 5.74) is 5.32. The van der Waals surface area contributed by atoms with Crippen LogP contribution in [0.5, 0.6) is 11.5 Å². The average molecular weight is 415 g/mol. The summed E-state index contributed by atoms with van der Waals surface area (Å²) < 4.78 is 20.7. The third-order valence-electron chi connectivity index (χ3n) is 5.78. The molecule has 4 rings (SSSR count). The fraction of sp³-hybridized carbons (Fsp3) is 0.222. The summed E-state index contributed by atoms with van der Waals surface area (Å²) in [6.45, 7) is 8.36. The van der Waals surface area contributed by atoms with Gasteiger partial charge in [0.05, 0.1) is 11.2 Å². The Kier molecular flexibility index (Phi) is 5.40. The Hall–Kier alpha value is -3.40. The zero-order valence-corrected chi connectivity index (χ0v) is 18.6. The molecule has 0 aromatic heterocycles. The van der Waals surface area contributed by atoms with Crippen LogP contribution in [-0.2, 0) is 0 Å². The number of hydrogen-bond acceptors (Lipinski definition) is 3. The first-order valence-electron chi connectivity index (χ1n) is 10.4. The van der Waals surface area contributed by atoms with Crippen molar-refractivity contribution in [3.8, 4) is 11.5 Å². The van der Waals surface area contributed by atoms with Gasteiger partial charge >= 0.3 is 0 Å². The molecule has 1 aliphatic heterocycles. The predicted molar refractivity (Wildman–Crippen MR) is 127 cm³/mol. The molecule has 0 saturated carbocycles. The van der Waals surface area contributed by atoms with Crippen molar-refractivity contribution in [2.75, 3.05) is 11.9 Å².